The van der Waals surface area contributed by atoms with Gasteiger partial charge in [0, 0.05) is 20.3 Å². The van der Waals surface area contributed by atoms with Crippen LogP contribution in [0.5, 0.6) is 0 Å². The molecule has 0 aliphatic carbocycles. The van der Waals surface area contributed by atoms with Crippen molar-refractivity contribution in [2.45, 2.75) is 89.7 Å². The van der Waals surface area contributed by atoms with E-state index < -0.39 is 33.1 Å². The maximum atomic E-state index is 11.9. The van der Waals surface area contributed by atoms with Gasteiger partial charge in [0.05, 0.1) is 6.42 Å². The topological polar surface area (TPSA) is 82.1 Å². The predicted octanol–water partition coefficient (Wildman–Crippen LogP) is 4.75. The van der Waals surface area contributed by atoms with E-state index in [0.29, 0.717) is 6.04 Å². The SMILES string of the molecule is C=CC(=O)C(CC(=O)O)O[Si](CCCCCCCCCCCC)(OC)OC. The fraction of sp³-hybridized carbons (Fsp3) is 0.800. The molecule has 0 spiro atoms. The van der Waals surface area contributed by atoms with Gasteiger partial charge in [-0.25, -0.2) is 0 Å². The maximum absolute atomic E-state index is 11.9. The molecule has 1 atom stereocenters. The van der Waals surface area contributed by atoms with E-state index in [9.17, 15) is 9.59 Å². The predicted molar refractivity (Wildman–Crippen MR) is 109 cm³/mol. The maximum Gasteiger partial charge on any atom is 0.501 e. The summed E-state index contributed by atoms with van der Waals surface area (Å²) in [4.78, 5) is 22.9. The van der Waals surface area contributed by atoms with Crippen molar-refractivity contribution < 1.29 is 28.0 Å². The fourth-order valence-corrected chi connectivity index (χ4v) is 5.18. The number of carbonyl (C=O) groups is 2. The molecule has 0 aromatic rings. The van der Waals surface area contributed by atoms with Crippen molar-refractivity contribution in [1.82, 2.24) is 0 Å². The second-order valence-electron chi connectivity index (χ2n) is 6.83. The van der Waals surface area contributed by atoms with E-state index >= 15 is 0 Å². The second kappa shape index (κ2) is 16.0. The summed E-state index contributed by atoms with van der Waals surface area (Å²) >= 11 is 0. The molecule has 0 aromatic carbocycles. The van der Waals surface area contributed by atoms with Crippen LogP contribution >= 0.6 is 0 Å². The largest absolute Gasteiger partial charge is 0.501 e. The molecule has 0 aliphatic heterocycles. The van der Waals surface area contributed by atoms with Gasteiger partial charge in [0.25, 0.3) is 0 Å². The number of aliphatic carboxylic acids is 1. The Balaban J connectivity index is 4.30. The minimum Gasteiger partial charge on any atom is -0.481 e. The van der Waals surface area contributed by atoms with Gasteiger partial charge in [-0.2, -0.15) is 0 Å². The van der Waals surface area contributed by atoms with Crippen molar-refractivity contribution in [2.75, 3.05) is 14.2 Å². The monoisotopic (exact) mass is 402 g/mol. The van der Waals surface area contributed by atoms with Crippen molar-refractivity contribution in [2.24, 2.45) is 0 Å². The average molecular weight is 403 g/mol. The number of ketones is 1. The van der Waals surface area contributed by atoms with Crippen molar-refractivity contribution >= 4 is 20.6 Å². The van der Waals surface area contributed by atoms with Crippen molar-refractivity contribution in [1.29, 1.82) is 0 Å². The highest BCUT2D eigenvalue weighted by molar-refractivity contribution is 6.60. The molecule has 0 aliphatic rings. The Hall–Kier alpha value is -1.02. The van der Waals surface area contributed by atoms with Gasteiger partial charge in [0.15, 0.2) is 5.78 Å². The van der Waals surface area contributed by atoms with E-state index in [-0.39, 0.29) is 0 Å². The first-order valence-corrected chi connectivity index (χ1v) is 12.0. The molecule has 0 radical (unpaired) electrons. The molecule has 7 heteroatoms. The molecule has 0 saturated carbocycles. The number of carbonyl (C=O) groups excluding carboxylic acids is 1. The number of hydrogen-bond acceptors (Lipinski definition) is 5. The van der Waals surface area contributed by atoms with E-state index in [0.717, 1.165) is 25.3 Å². The third-order valence-electron chi connectivity index (χ3n) is 4.66. The number of rotatable bonds is 19. The van der Waals surface area contributed by atoms with Crippen LogP contribution in [-0.4, -0.2) is 46.0 Å². The van der Waals surface area contributed by atoms with E-state index in [1.165, 1.54) is 59.2 Å². The highest BCUT2D eigenvalue weighted by Crippen LogP contribution is 2.22. The van der Waals surface area contributed by atoms with Crippen LogP contribution in [0.15, 0.2) is 12.7 Å². The minimum atomic E-state index is -3.07. The van der Waals surface area contributed by atoms with Gasteiger partial charge < -0.3 is 18.4 Å². The molecule has 158 valence electrons. The first-order chi connectivity index (χ1) is 12.9. The number of carboxylic acids is 1. The Morgan fingerprint density at radius 1 is 0.963 bits per heavy atom. The molecular weight excluding hydrogens is 364 g/mol. The Labute approximate surface area is 165 Å². The lowest BCUT2D eigenvalue weighted by atomic mass is 10.1. The van der Waals surface area contributed by atoms with Crippen LogP contribution in [0.25, 0.3) is 0 Å². The summed E-state index contributed by atoms with van der Waals surface area (Å²) in [6.07, 6.45) is 11.7. The summed E-state index contributed by atoms with van der Waals surface area (Å²) in [7, 11) is -0.0980. The van der Waals surface area contributed by atoms with E-state index in [4.69, 9.17) is 18.4 Å². The molecule has 0 bridgehead atoms. The molecule has 0 saturated heterocycles. The van der Waals surface area contributed by atoms with Gasteiger partial charge in [-0.05, 0) is 12.5 Å². The molecule has 0 aromatic heterocycles. The van der Waals surface area contributed by atoms with Gasteiger partial charge in [-0.1, -0.05) is 71.3 Å². The van der Waals surface area contributed by atoms with E-state index in [1.807, 2.05) is 0 Å². The quantitative estimate of drug-likeness (QED) is 0.191. The van der Waals surface area contributed by atoms with Crippen molar-refractivity contribution in [3.63, 3.8) is 0 Å². The first-order valence-electron chi connectivity index (χ1n) is 10.1. The molecule has 0 fully saturated rings. The van der Waals surface area contributed by atoms with Gasteiger partial charge in [0.2, 0.25) is 0 Å². The summed E-state index contributed by atoms with van der Waals surface area (Å²) in [5, 5.41) is 9.00. The van der Waals surface area contributed by atoms with Crippen LogP contribution in [0.2, 0.25) is 6.04 Å². The highest BCUT2D eigenvalue weighted by atomic mass is 28.4. The van der Waals surface area contributed by atoms with Crippen LogP contribution in [-0.2, 0) is 22.9 Å². The summed E-state index contributed by atoms with van der Waals surface area (Å²) < 4.78 is 16.8. The second-order valence-corrected chi connectivity index (χ2v) is 9.75. The minimum absolute atomic E-state index is 0.426. The van der Waals surface area contributed by atoms with E-state index in [1.54, 1.807) is 0 Å². The number of carboxylic acid groups (broad SMARTS) is 1. The number of unbranched alkanes of at least 4 members (excludes halogenated alkanes) is 9. The third kappa shape index (κ3) is 12.1. The van der Waals surface area contributed by atoms with E-state index in [2.05, 4.69) is 13.5 Å². The average Bonchev–Trinajstić information content (AvgIpc) is 2.66. The molecule has 0 rings (SSSR count). The van der Waals surface area contributed by atoms with Crippen molar-refractivity contribution in [3.8, 4) is 0 Å². The fourth-order valence-electron chi connectivity index (χ4n) is 2.98. The molecule has 0 amide bonds. The molecule has 1 unspecified atom stereocenters. The Morgan fingerprint density at radius 2 is 1.44 bits per heavy atom. The smallest absolute Gasteiger partial charge is 0.481 e. The highest BCUT2D eigenvalue weighted by Gasteiger charge is 2.42. The van der Waals surface area contributed by atoms with Gasteiger partial charge in [-0.15, -0.1) is 0 Å². The summed E-state index contributed by atoms with van der Waals surface area (Å²) in [5.74, 6) is -1.57. The zero-order valence-electron chi connectivity index (χ0n) is 17.3. The summed E-state index contributed by atoms with van der Waals surface area (Å²) in [5.41, 5.74) is 0. The Kier molecular flexibility index (Phi) is 15.4. The Morgan fingerprint density at radius 3 is 1.85 bits per heavy atom. The summed E-state index contributed by atoms with van der Waals surface area (Å²) in [6.45, 7) is 5.64. The lowest BCUT2D eigenvalue weighted by molar-refractivity contribution is -0.142. The summed E-state index contributed by atoms with van der Waals surface area (Å²) in [6, 6.07) is 0.567. The molecule has 0 heterocycles. The Bertz CT molecular complexity index is 423. The lowest BCUT2D eigenvalue weighted by Crippen LogP contribution is -2.48. The lowest BCUT2D eigenvalue weighted by Gasteiger charge is -2.29. The standard InChI is InChI=1S/C20H38O6Si/c1-5-7-8-9-10-11-12-13-14-15-16-27(24-3,25-4)26-19(17-20(22)23)18(21)6-2/h6,19H,2,5,7-17H2,1,3-4H3,(H,22,23). The normalized spacial score (nSPS) is 12.7. The van der Waals surface area contributed by atoms with Crippen LogP contribution < -0.4 is 0 Å². The van der Waals surface area contributed by atoms with Crippen LogP contribution in [0.4, 0.5) is 0 Å². The molecule has 6 nitrogen and oxygen atoms in total. The van der Waals surface area contributed by atoms with Crippen LogP contribution in [0.1, 0.15) is 77.6 Å². The zero-order valence-corrected chi connectivity index (χ0v) is 18.3. The van der Waals surface area contributed by atoms with Crippen LogP contribution in [0, 0.1) is 0 Å². The van der Waals surface area contributed by atoms with Gasteiger partial charge >= 0.3 is 14.8 Å². The molecule has 27 heavy (non-hydrogen) atoms. The molecular formula is C20H38O6Si. The van der Waals surface area contributed by atoms with Crippen molar-refractivity contribution in [3.05, 3.63) is 12.7 Å². The van der Waals surface area contributed by atoms with Gasteiger partial charge in [0.1, 0.15) is 6.10 Å². The third-order valence-corrected chi connectivity index (χ3v) is 7.51. The first kappa shape index (κ1) is 26.0. The zero-order chi connectivity index (χ0) is 20.5. The number of hydrogen-bond donors (Lipinski definition) is 1. The molecule has 1 N–H and O–H groups in total. The van der Waals surface area contributed by atoms with Gasteiger partial charge in [-0.3, -0.25) is 9.59 Å². The van der Waals surface area contributed by atoms with Crippen LogP contribution in [0.3, 0.4) is 0 Å².